The van der Waals surface area contributed by atoms with Crippen molar-refractivity contribution in [2.45, 2.75) is 13.5 Å². The van der Waals surface area contributed by atoms with E-state index in [1.807, 2.05) is 24.3 Å². The number of aryl methyl sites for hydroxylation is 1. The van der Waals surface area contributed by atoms with E-state index < -0.39 is 0 Å². The minimum absolute atomic E-state index is 0.147. The number of halogens is 1. The lowest BCUT2D eigenvalue weighted by Crippen LogP contribution is -1.98. The third-order valence-electron chi connectivity index (χ3n) is 2.14. The molecule has 0 radical (unpaired) electrons. The van der Waals surface area contributed by atoms with Gasteiger partial charge in [-0.05, 0) is 31.2 Å². The molecule has 2 aromatic rings. The fraction of sp³-hybridized carbons (Fsp3) is 0.167. The molecule has 1 N–H and O–H groups in total. The SMILES string of the molecule is Cc1ncc(CO)c(Oc2ccc(Br)cc2)n1. The average Bonchev–Trinajstić information content (AvgIpc) is 2.32. The second kappa shape index (κ2) is 5.25. The maximum Gasteiger partial charge on any atom is 0.228 e. The molecule has 2 rings (SSSR count). The summed E-state index contributed by atoms with van der Waals surface area (Å²) >= 11 is 3.35. The number of ether oxygens (including phenoxy) is 1. The average molecular weight is 295 g/mol. The van der Waals surface area contributed by atoms with Gasteiger partial charge in [0.15, 0.2) is 0 Å². The van der Waals surface area contributed by atoms with Crippen LogP contribution in [0.3, 0.4) is 0 Å². The Morgan fingerprint density at radius 2 is 2.00 bits per heavy atom. The van der Waals surface area contributed by atoms with Crippen molar-refractivity contribution in [3.8, 4) is 11.6 Å². The van der Waals surface area contributed by atoms with Crippen LogP contribution in [0.25, 0.3) is 0 Å². The Morgan fingerprint density at radius 3 is 2.65 bits per heavy atom. The lowest BCUT2D eigenvalue weighted by molar-refractivity contribution is 0.274. The summed E-state index contributed by atoms with van der Waals surface area (Å²) in [5.41, 5.74) is 0.568. The summed E-state index contributed by atoms with van der Waals surface area (Å²) in [6.45, 7) is 1.63. The van der Waals surface area contributed by atoms with E-state index in [2.05, 4.69) is 25.9 Å². The molecular weight excluding hydrogens is 284 g/mol. The van der Waals surface area contributed by atoms with Crippen LogP contribution in [0, 0.1) is 6.92 Å². The highest BCUT2D eigenvalue weighted by atomic mass is 79.9. The zero-order valence-electron chi connectivity index (χ0n) is 9.22. The summed E-state index contributed by atoms with van der Waals surface area (Å²) in [4.78, 5) is 8.16. The van der Waals surface area contributed by atoms with E-state index in [0.29, 0.717) is 23.0 Å². The molecular formula is C12H11BrN2O2. The molecule has 88 valence electrons. The molecule has 1 aromatic heterocycles. The van der Waals surface area contributed by atoms with E-state index >= 15 is 0 Å². The fourth-order valence-electron chi connectivity index (χ4n) is 1.29. The number of aliphatic hydroxyl groups is 1. The lowest BCUT2D eigenvalue weighted by atomic mass is 10.3. The van der Waals surface area contributed by atoms with Crippen molar-refractivity contribution in [1.82, 2.24) is 9.97 Å². The Labute approximate surface area is 107 Å². The Hall–Kier alpha value is -1.46. The predicted molar refractivity (Wildman–Crippen MR) is 66.9 cm³/mol. The van der Waals surface area contributed by atoms with Crippen molar-refractivity contribution in [3.05, 3.63) is 46.3 Å². The molecule has 0 aliphatic carbocycles. The number of nitrogens with zero attached hydrogens (tertiary/aromatic N) is 2. The van der Waals surface area contributed by atoms with Gasteiger partial charge in [0.1, 0.15) is 11.6 Å². The molecule has 0 atom stereocenters. The minimum atomic E-state index is -0.147. The quantitative estimate of drug-likeness (QED) is 0.946. The topological polar surface area (TPSA) is 55.2 Å². The molecule has 4 nitrogen and oxygen atoms in total. The summed E-state index contributed by atoms with van der Waals surface area (Å²) in [5, 5.41) is 9.16. The number of benzene rings is 1. The molecule has 0 aliphatic heterocycles. The standard InChI is InChI=1S/C12H11BrN2O2/c1-8-14-6-9(7-16)12(15-8)17-11-4-2-10(13)3-5-11/h2-6,16H,7H2,1H3. The van der Waals surface area contributed by atoms with E-state index in [0.717, 1.165) is 4.47 Å². The summed E-state index contributed by atoms with van der Waals surface area (Å²) in [5.74, 6) is 1.66. The largest absolute Gasteiger partial charge is 0.439 e. The van der Waals surface area contributed by atoms with Crippen molar-refractivity contribution >= 4 is 15.9 Å². The first kappa shape index (κ1) is 12.0. The number of aromatic nitrogens is 2. The van der Waals surface area contributed by atoms with E-state index in [1.165, 1.54) is 0 Å². The molecule has 0 amide bonds. The first-order valence-corrected chi connectivity index (χ1v) is 5.85. The molecule has 0 fully saturated rings. The molecule has 0 aliphatic rings. The molecule has 1 aromatic carbocycles. The Morgan fingerprint density at radius 1 is 1.29 bits per heavy atom. The van der Waals surface area contributed by atoms with Crippen LogP contribution in [-0.4, -0.2) is 15.1 Å². The summed E-state index contributed by atoms with van der Waals surface area (Å²) in [6, 6.07) is 7.40. The van der Waals surface area contributed by atoms with Gasteiger partial charge >= 0.3 is 0 Å². The van der Waals surface area contributed by atoms with Gasteiger partial charge in [-0.15, -0.1) is 0 Å². The van der Waals surface area contributed by atoms with Crippen LogP contribution in [-0.2, 0) is 6.61 Å². The number of rotatable bonds is 3. The third-order valence-corrected chi connectivity index (χ3v) is 2.67. The number of hydrogen-bond acceptors (Lipinski definition) is 4. The minimum Gasteiger partial charge on any atom is -0.439 e. The van der Waals surface area contributed by atoms with Gasteiger partial charge < -0.3 is 9.84 Å². The maximum atomic E-state index is 9.16. The first-order chi connectivity index (χ1) is 8.19. The summed E-state index contributed by atoms with van der Waals surface area (Å²) < 4.78 is 6.58. The Balaban J connectivity index is 2.28. The van der Waals surface area contributed by atoms with E-state index in [9.17, 15) is 0 Å². The zero-order valence-corrected chi connectivity index (χ0v) is 10.8. The summed E-state index contributed by atoms with van der Waals surface area (Å²) in [7, 11) is 0. The maximum absolute atomic E-state index is 9.16. The Bertz CT molecular complexity index is 514. The highest BCUT2D eigenvalue weighted by Gasteiger charge is 2.07. The zero-order chi connectivity index (χ0) is 12.3. The normalized spacial score (nSPS) is 10.3. The van der Waals surface area contributed by atoms with Gasteiger partial charge in [0, 0.05) is 10.7 Å². The van der Waals surface area contributed by atoms with Crippen LogP contribution in [0.2, 0.25) is 0 Å². The van der Waals surface area contributed by atoms with Crippen LogP contribution in [0.1, 0.15) is 11.4 Å². The van der Waals surface area contributed by atoms with Crippen LogP contribution in [0.4, 0.5) is 0 Å². The first-order valence-electron chi connectivity index (χ1n) is 5.06. The highest BCUT2D eigenvalue weighted by molar-refractivity contribution is 9.10. The second-order valence-corrected chi connectivity index (χ2v) is 4.38. The van der Waals surface area contributed by atoms with E-state index in [4.69, 9.17) is 9.84 Å². The van der Waals surface area contributed by atoms with Crippen LogP contribution >= 0.6 is 15.9 Å². The molecule has 0 saturated heterocycles. The van der Waals surface area contributed by atoms with Crippen molar-refractivity contribution in [3.63, 3.8) is 0 Å². The van der Waals surface area contributed by atoms with Gasteiger partial charge in [-0.2, -0.15) is 4.98 Å². The fourth-order valence-corrected chi connectivity index (χ4v) is 1.55. The van der Waals surface area contributed by atoms with Crippen molar-refractivity contribution in [2.75, 3.05) is 0 Å². The van der Waals surface area contributed by atoms with Gasteiger partial charge in [-0.1, -0.05) is 15.9 Å². The molecule has 0 spiro atoms. The van der Waals surface area contributed by atoms with Crippen molar-refractivity contribution < 1.29 is 9.84 Å². The van der Waals surface area contributed by atoms with E-state index in [1.54, 1.807) is 13.1 Å². The van der Waals surface area contributed by atoms with Crippen LogP contribution in [0.15, 0.2) is 34.9 Å². The van der Waals surface area contributed by atoms with Crippen molar-refractivity contribution in [2.24, 2.45) is 0 Å². The second-order valence-electron chi connectivity index (χ2n) is 3.46. The highest BCUT2D eigenvalue weighted by Crippen LogP contribution is 2.24. The summed E-state index contributed by atoms with van der Waals surface area (Å²) in [6.07, 6.45) is 1.57. The molecule has 0 saturated carbocycles. The van der Waals surface area contributed by atoms with Gasteiger partial charge in [0.25, 0.3) is 0 Å². The van der Waals surface area contributed by atoms with Crippen molar-refractivity contribution in [1.29, 1.82) is 0 Å². The smallest absolute Gasteiger partial charge is 0.228 e. The monoisotopic (exact) mass is 294 g/mol. The van der Waals surface area contributed by atoms with Gasteiger partial charge in [0.2, 0.25) is 5.88 Å². The molecule has 1 heterocycles. The molecule has 5 heteroatoms. The third kappa shape index (κ3) is 3.01. The molecule has 0 bridgehead atoms. The van der Waals surface area contributed by atoms with Gasteiger partial charge in [0.05, 0.1) is 12.2 Å². The molecule has 0 unspecified atom stereocenters. The molecule has 17 heavy (non-hydrogen) atoms. The Kier molecular flexibility index (Phi) is 3.71. The number of hydrogen-bond donors (Lipinski definition) is 1. The van der Waals surface area contributed by atoms with Gasteiger partial charge in [-0.3, -0.25) is 0 Å². The number of aliphatic hydroxyl groups excluding tert-OH is 1. The van der Waals surface area contributed by atoms with Gasteiger partial charge in [-0.25, -0.2) is 4.98 Å². The van der Waals surface area contributed by atoms with Crippen LogP contribution < -0.4 is 4.74 Å². The lowest BCUT2D eigenvalue weighted by Gasteiger charge is -2.08. The van der Waals surface area contributed by atoms with Crippen LogP contribution in [0.5, 0.6) is 11.6 Å². The predicted octanol–water partition coefficient (Wildman–Crippen LogP) is 2.83. The van der Waals surface area contributed by atoms with E-state index in [-0.39, 0.29) is 6.61 Å².